The lowest BCUT2D eigenvalue weighted by molar-refractivity contribution is 0.117. The first kappa shape index (κ1) is 19.9. The summed E-state index contributed by atoms with van der Waals surface area (Å²) in [5, 5.41) is 10.8. The number of carbonyl (C=O) groups is 1. The number of benzene rings is 1. The van der Waals surface area contributed by atoms with Crippen LogP contribution in [0.1, 0.15) is 25.2 Å². The standard InChI is InChI=1S/C18H22ClN5O2.ClH/c19-14-5-2-1-4-13(14)16-22-15(26-23-16)10-21-17(25)24-9-3-6-18(12-24)7-8-20-11-18;/h1-2,4-5,20H,3,6-12H2,(H,21,25);1H. The average Bonchev–Trinajstić information content (AvgIpc) is 3.30. The monoisotopic (exact) mass is 411 g/mol. The van der Waals surface area contributed by atoms with Gasteiger partial charge in [-0.15, -0.1) is 12.4 Å². The number of nitrogens with one attached hydrogen (secondary N) is 2. The normalized spacial score (nSPS) is 21.9. The number of rotatable bonds is 3. The van der Waals surface area contributed by atoms with E-state index in [0.717, 1.165) is 39.0 Å². The van der Waals surface area contributed by atoms with Crippen LogP contribution in [0.4, 0.5) is 4.79 Å². The number of hydrogen-bond donors (Lipinski definition) is 2. The number of halogens is 2. The van der Waals surface area contributed by atoms with E-state index in [2.05, 4.69) is 20.8 Å². The molecule has 27 heavy (non-hydrogen) atoms. The van der Waals surface area contributed by atoms with E-state index < -0.39 is 0 Å². The summed E-state index contributed by atoms with van der Waals surface area (Å²) in [4.78, 5) is 18.8. The minimum atomic E-state index is -0.0755. The summed E-state index contributed by atoms with van der Waals surface area (Å²) in [6.07, 6.45) is 3.38. The Labute approximate surface area is 169 Å². The molecule has 9 heteroatoms. The molecule has 1 spiro atoms. The zero-order valence-electron chi connectivity index (χ0n) is 14.9. The predicted molar refractivity (Wildman–Crippen MR) is 105 cm³/mol. The fourth-order valence-corrected chi connectivity index (χ4v) is 4.09. The molecule has 2 aromatic rings. The molecule has 0 saturated carbocycles. The van der Waals surface area contributed by atoms with E-state index in [0.29, 0.717) is 22.3 Å². The molecule has 7 nitrogen and oxygen atoms in total. The summed E-state index contributed by atoms with van der Waals surface area (Å²) in [6, 6.07) is 7.24. The summed E-state index contributed by atoms with van der Waals surface area (Å²) in [6.45, 7) is 3.85. The van der Waals surface area contributed by atoms with Crippen molar-refractivity contribution >= 4 is 30.0 Å². The second-order valence-corrected chi connectivity index (χ2v) is 7.51. The summed E-state index contributed by atoms with van der Waals surface area (Å²) < 4.78 is 5.24. The van der Waals surface area contributed by atoms with Crippen LogP contribution < -0.4 is 10.6 Å². The Morgan fingerprint density at radius 1 is 1.37 bits per heavy atom. The first-order valence-electron chi connectivity index (χ1n) is 8.96. The number of urea groups is 1. The van der Waals surface area contributed by atoms with Gasteiger partial charge in [-0.05, 0) is 37.9 Å². The maximum Gasteiger partial charge on any atom is 0.317 e. The molecule has 2 aliphatic heterocycles. The van der Waals surface area contributed by atoms with E-state index in [4.69, 9.17) is 16.1 Å². The van der Waals surface area contributed by atoms with Crippen LogP contribution in [0, 0.1) is 5.41 Å². The second-order valence-electron chi connectivity index (χ2n) is 7.10. The highest BCUT2D eigenvalue weighted by Crippen LogP contribution is 2.35. The maximum absolute atomic E-state index is 12.5. The molecule has 3 heterocycles. The van der Waals surface area contributed by atoms with Crippen LogP contribution in [0.2, 0.25) is 5.02 Å². The number of piperidine rings is 1. The fourth-order valence-electron chi connectivity index (χ4n) is 3.87. The maximum atomic E-state index is 12.5. The van der Waals surface area contributed by atoms with Gasteiger partial charge in [-0.25, -0.2) is 4.79 Å². The Balaban J connectivity index is 0.00000210. The minimum Gasteiger partial charge on any atom is -0.337 e. The highest BCUT2D eigenvalue weighted by atomic mass is 35.5. The van der Waals surface area contributed by atoms with Gasteiger partial charge in [0.05, 0.1) is 11.6 Å². The van der Waals surface area contributed by atoms with Crippen LogP contribution in [-0.2, 0) is 6.54 Å². The van der Waals surface area contributed by atoms with Crippen LogP contribution in [0.15, 0.2) is 28.8 Å². The van der Waals surface area contributed by atoms with Gasteiger partial charge in [-0.2, -0.15) is 4.98 Å². The number of likely N-dealkylation sites (tertiary alicyclic amines) is 1. The lowest BCUT2D eigenvalue weighted by Crippen LogP contribution is -2.50. The first-order chi connectivity index (χ1) is 12.7. The lowest BCUT2D eigenvalue weighted by atomic mass is 9.79. The Kier molecular flexibility index (Phi) is 6.24. The summed E-state index contributed by atoms with van der Waals surface area (Å²) in [5.74, 6) is 0.788. The molecule has 2 saturated heterocycles. The topological polar surface area (TPSA) is 83.3 Å². The summed E-state index contributed by atoms with van der Waals surface area (Å²) >= 11 is 6.15. The number of carbonyl (C=O) groups excluding carboxylic acids is 1. The second kappa shape index (κ2) is 8.46. The highest BCUT2D eigenvalue weighted by Gasteiger charge is 2.39. The SMILES string of the molecule is Cl.O=C(NCc1nc(-c2ccccc2Cl)no1)N1CCCC2(CCNC2)C1. The van der Waals surface area contributed by atoms with Gasteiger partial charge < -0.3 is 20.1 Å². The largest absolute Gasteiger partial charge is 0.337 e. The number of hydrogen-bond acceptors (Lipinski definition) is 5. The van der Waals surface area contributed by atoms with E-state index >= 15 is 0 Å². The zero-order valence-corrected chi connectivity index (χ0v) is 16.5. The third kappa shape index (κ3) is 4.36. The van der Waals surface area contributed by atoms with Crippen molar-refractivity contribution in [3.8, 4) is 11.4 Å². The first-order valence-corrected chi connectivity index (χ1v) is 9.34. The van der Waals surface area contributed by atoms with Crippen molar-refractivity contribution < 1.29 is 9.32 Å². The molecule has 2 amide bonds. The Morgan fingerprint density at radius 3 is 3.00 bits per heavy atom. The average molecular weight is 412 g/mol. The van der Waals surface area contributed by atoms with E-state index in [9.17, 15) is 4.79 Å². The molecule has 2 fully saturated rings. The van der Waals surface area contributed by atoms with E-state index in [1.165, 1.54) is 6.42 Å². The van der Waals surface area contributed by atoms with Crippen molar-refractivity contribution in [2.24, 2.45) is 5.41 Å². The van der Waals surface area contributed by atoms with Crippen molar-refractivity contribution in [3.05, 3.63) is 35.2 Å². The van der Waals surface area contributed by atoms with E-state index in [1.54, 1.807) is 6.07 Å². The molecule has 0 bridgehead atoms. The molecule has 1 aromatic carbocycles. The third-order valence-electron chi connectivity index (χ3n) is 5.25. The quantitative estimate of drug-likeness (QED) is 0.810. The van der Waals surface area contributed by atoms with Crippen LogP contribution in [0.25, 0.3) is 11.4 Å². The van der Waals surface area contributed by atoms with Gasteiger partial charge in [0, 0.05) is 30.6 Å². The third-order valence-corrected chi connectivity index (χ3v) is 5.58. The molecule has 0 radical (unpaired) electrons. The molecular formula is C18H23Cl2N5O2. The smallest absolute Gasteiger partial charge is 0.317 e. The Bertz CT molecular complexity index is 792. The van der Waals surface area contributed by atoms with Crippen molar-refractivity contribution in [1.82, 2.24) is 25.7 Å². The van der Waals surface area contributed by atoms with E-state index in [-0.39, 0.29) is 30.4 Å². The lowest BCUT2D eigenvalue weighted by Gasteiger charge is -2.39. The number of amides is 2. The molecule has 146 valence electrons. The van der Waals surface area contributed by atoms with Gasteiger partial charge >= 0.3 is 6.03 Å². The van der Waals surface area contributed by atoms with Crippen molar-refractivity contribution in [2.45, 2.75) is 25.8 Å². The van der Waals surface area contributed by atoms with Crippen LogP contribution in [0.5, 0.6) is 0 Å². The molecular weight excluding hydrogens is 389 g/mol. The van der Waals surface area contributed by atoms with E-state index in [1.807, 2.05) is 23.1 Å². The molecule has 2 aliphatic rings. The Hall–Kier alpha value is -1.83. The molecule has 2 N–H and O–H groups in total. The summed E-state index contributed by atoms with van der Waals surface area (Å²) in [7, 11) is 0. The summed E-state index contributed by atoms with van der Waals surface area (Å²) in [5.41, 5.74) is 0.958. The van der Waals surface area contributed by atoms with Gasteiger partial charge in [0.1, 0.15) is 0 Å². The molecule has 1 atom stereocenters. The van der Waals surface area contributed by atoms with Crippen molar-refractivity contribution in [2.75, 3.05) is 26.2 Å². The molecule has 4 rings (SSSR count). The van der Waals surface area contributed by atoms with Crippen molar-refractivity contribution in [3.63, 3.8) is 0 Å². The predicted octanol–water partition coefficient (Wildman–Crippen LogP) is 3.10. The molecule has 1 unspecified atom stereocenters. The molecule has 1 aromatic heterocycles. The van der Waals surface area contributed by atoms with Gasteiger partial charge in [-0.3, -0.25) is 0 Å². The van der Waals surface area contributed by atoms with Gasteiger partial charge in [0.15, 0.2) is 0 Å². The Morgan fingerprint density at radius 2 is 2.22 bits per heavy atom. The van der Waals surface area contributed by atoms with Crippen LogP contribution in [-0.4, -0.2) is 47.3 Å². The van der Waals surface area contributed by atoms with Crippen LogP contribution >= 0.6 is 24.0 Å². The van der Waals surface area contributed by atoms with Crippen molar-refractivity contribution in [1.29, 1.82) is 0 Å². The molecule has 0 aliphatic carbocycles. The highest BCUT2D eigenvalue weighted by molar-refractivity contribution is 6.33. The minimum absolute atomic E-state index is 0. The fraction of sp³-hybridized carbons (Fsp3) is 0.500. The van der Waals surface area contributed by atoms with Gasteiger partial charge in [0.25, 0.3) is 0 Å². The van der Waals surface area contributed by atoms with Gasteiger partial charge in [-0.1, -0.05) is 28.9 Å². The zero-order chi connectivity index (χ0) is 18.0. The van der Waals surface area contributed by atoms with Gasteiger partial charge in [0.2, 0.25) is 11.7 Å². The number of nitrogens with zero attached hydrogens (tertiary/aromatic N) is 3. The number of aromatic nitrogens is 2. The van der Waals surface area contributed by atoms with Crippen LogP contribution in [0.3, 0.4) is 0 Å².